The van der Waals surface area contributed by atoms with Crippen LogP contribution in [0.5, 0.6) is 0 Å². The predicted molar refractivity (Wildman–Crippen MR) is 89.2 cm³/mol. The fourth-order valence-corrected chi connectivity index (χ4v) is 3.10. The Balaban J connectivity index is 1.79. The van der Waals surface area contributed by atoms with Crippen LogP contribution < -0.4 is 5.32 Å². The summed E-state index contributed by atoms with van der Waals surface area (Å²) in [7, 11) is 0. The summed E-state index contributed by atoms with van der Waals surface area (Å²) in [5, 5.41) is 3.54. The van der Waals surface area contributed by atoms with Crippen molar-refractivity contribution in [2.75, 3.05) is 13.1 Å². The minimum atomic E-state index is -0.382. The zero-order valence-electron chi connectivity index (χ0n) is 13.8. The molecule has 0 aliphatic carbocycles. The second-order valence-corrected chi connectivity index (χ2v) is 6.29. The fraction of sp³-hybridized carbons (Fsp3) is 0.389. The van der Waals surface area contributed by atoms with E-state index in [4.69, 9.17) is 0 Å². The summed E-state index contributed by atoms with van der Waals surface area (Å²) in [5.41, 5.74) is 1.58. The molecule has 2 aromatic rings. The summed E-state index contributed by atoms with van der Waals surface area (Å²) in [6.07, 6.45) is 1.46. The number of likely N-dealkylation sites (tertiary alicyclic amines) is 1. The maximum atomic E-state index is 13.4. The monoisotopic (exact) mass is 329 g/mol. The summed E-state index contributed by atoms with van der Waals surface area (Å²) >= 11 is 0. The van der Waals surface area contributed by atoms with Crippen molar-refractivity contribution in [2.45, 2.75) is 32.7 Å². The van der Waals surface area contributed by atoms with Crippen molar-refractivity contribution in [3.63, 3.8) is 0 Å². The number of aryl methyl sites for hydroxylation is 1. The first-order valence-electron chi connectivity index (χ1n) is 8.09. The van der Waals surface area contributed by atoms with Crippen LogP contribution in [0.3, 0.4) is 0 Å². The molecular formula is C18H20FN3O2. The van der Waals surface area contributed by atoms with E-state index < -0.39 is 0 Å². The molecule has 1 aromatic heterocycles. The maximum absolute atomic E-state index is 13.4. The lowest BCUT2D eigenvalue weighted by Gasteiger charge is -2.22. The number of hydrogen-bond acceptors (Lipinski definition) is 3. The highest BCUT2D eigenvalue weighted by molar-refractivity contribution is 6.06. The number of rotatable bonds is 4. The fourth-order valence-electron chi connectivity index (χ4n) is 3.10. The normalized spacial score (nSPS) is 15.8. The van der Waals surface area contributed by atoms with Gasteiger partial charge in [0.2, 0.25) is 5.91 Å². The molecule has 1 N–H and O–H groups in total. The summed E-state index contributed by atoms with van der Waals surface area (Å²) < 4.78 is 13.4. The van der Waals surface area contributed by atoms with Gasteiger partial charge in [0.15, 0.2) is 0 Å². The smallest absolute Gasteiger partial charge is 0.252 e. The highest BCUT2D eigenvalue weighted by Gasteiger charge is 2.23. The number of aromatic nitrogens is 1. The lowest BCUT2D eigenvalue weighted by molar-refractivity contribution is -0.127. The summed E-state index contributed by atoms with van der Waals surface area (Å²) in [6.45, 7) is 4.89. The molecule has 0 spiro atoms. The molecule has 0 radical (unpaired) electrons. The standard InChI is InChI=1S/C18H20FN3O2/c1-11-8-15(14-6-5-13(19)9-16(14)20-11)18(24)21-12(2)10-22-7-3-4-17(22)23/h5-6,8-9,12H,3-4,7,10H2,1-2H3,(H,21,24). The van der Waals surface area contributed by atoms with Crippen LogP contribution in [0, 0.1) is 12.7 Å². The van der Waals surface area contributed by atoms with E-state index in [1.54, 1.807) is 24.0 Å². The minimum absolute atomic E-state index is 0.136. The molecule has 24 heavy (non-hydrogen) atoms. The quantitative estimate of drug-likeness (QED) is 0.937. The molecule has 1 unspecified atom stereocenters. The molecule has 1 saturated heterocycles. The van der Waals surface area contributed by atoms with Crippen molar-refractivity contribution in [3.05, 3.63) is 41.3 Å². The number of halogens is 1. The van der Waals surface area contributed by atoms with Crippen LogP contribution in [0.4, 0.5) is 4.39 Å². The predicted octanol–water partition coefficient (Wildman–Crippen LogP) is 2.42. The molecule has 3 rings (SSSR count). The molecule has 5 nitrogen and oxygen atoms in total. The van der Waals surface area contributed by atoms with Gasteiger partial charge in [0.25, 0.3) is 5.91 Å². The van der Waals surface area contributed by atoms with Crippen molar-refractivity contribution in [2.24, 2.45) is 0 Å². The van der Waals surface area contributed by atoms with Crippen LogP contribution in [0.15, 0.2) is 24.3 Å². The molecule has 6 heteroatoms. The van der Waals surface area contributed by atoms with Crippen LogP contribution in [-0.4, -0.2) is 40.8 Å². The number of fused-ring (bicyclic) bond motifs is 1. The average molecular weight is 329 g/mol. The van der Waals surface area contributed by atoms with Gasteiger partial charge in [-0.3, -0.25) is 14.6 Å². The molecule has 1 aromatic carbocycles. The summed E-state index contributed by atoms with van der Waals surface area (Å²) in [6, 6.07) is 5.75. The molecule has 1 aliphatic rings. The van der Waals surface area contributed by atoms with Crippen molar-refractivity contribution >= 4 is 22.7 Å². The first-order valence-corrected chi connectivity index (χ1v) is 8.09. The molecular weight excluding hydrogens is 309 g/mol. The SMILES string of the molecule is Cc1cc(C(=O)NC(C)CN2CCCC2=O)c2ccc(F)cc2n1. The number of hydrogen-bond donors (Lipinski definition) is 1. The minimum Gasteiger partial charge on any atom is -0.348 e. The van der Waals surface area contributed by atoms with Crippen molar-refractivity contribution < 1.29 is 14.0 Å². The third-order valence-electron chi connectivity index (χ3n) is 4.19. The van der Waals surface area contributed by atoms with Gasteiger partial charge >= 0.3 is 0 Å². The topological polar surface area (TPSA) is 62.3 Å². The number of carbonyl (C=O) groups excluding carboxylic acids is 2. The Hall–Kier alpha value is -2.50. The summed E-state index contributed by atoms with van der Waals surface area (Å²) in [4.78, 5) is 30.4. The Morgan fingerprint density at radius 3 is 2.92 bits per heavy atom. The van der Waals surface area contributed by atoms with Gasteiger partial charge in [-0.1, -0.05) is 0 Å². The van der Waals surface area contributed by atoms with Crippen molar-refractivity contribution in [3.8, 4) is 0 Å². The Labute approximate surface area is 139 Å². The lowest BCUT2D eigenvalue weighted by atomic mass is 10.1. The van der Waals surface area contributed by atoms with Gasteiger partial charge < -0.3 is 10.2 Å². The van der Waals surface area contributed by atoms with Gasteiger partial charge in [0.1, 0.15) is 5.82 Å². The van der Waals surface area contributed by atoms with Crippen LogP contribution in [0.1, 0.15) is 35.8 Å². The first kappa shape index (κ1) is 16.4. The van der Waals surface area contributed by atoms with Gasteiger partial charge in [-0.2, -0.15) is 0 Å². The third-order valence-corrected chi connectivity index (χ3v) is 4.19. The van der Waals surface area contributed by atoms with E-state index in [2.05, 4.69) is 10.3 Å². The van der Waals surface area contributed by atoms with Gasteiger partial charge in [-0.25, -0.2) is 4.39 Å². The lowest BCUT2D eigenvalue weighted by Crippen LogP contribution is -2.42. The van der Waals surface area contributed by atoms with E-state index in [-0.39, 0.29) is 23.7 Å². The van der Waals surface area contributed by atoms with Crippen LogP contribution in [0.25, 0.3) is 10.9 Å². The molecule has 2 heterocycles. The highest BCUT2D eigenvalue weighted by Crippen LogP contribution is 2.20. The molecule has 126 valence electrons. The zero-order valence-corrected chi connectivity index (χ0v) is 13.8. The second-order valence-electron chi connectivity index (χ2n) is 6.29. The zero-order chi connectivity index (χ0) is 17.3. The number of pyridine rings is 1. The van der Waals surface area contributed by atoms with E-state index in [0.29, 0.717) is 35.1 Å². The van der Waals surface area contributed by atoms with Gasteiger partial charge in [-0.15, -0.1) is 0 Å². The third kappa shape index (κ3) is 3.37. The van der Waals surface area contributed by atoms with E-state index in [1.807, 2.05) is 6.92 Å². The number of amides is 2. The Bertz CT molecular complexity index is 801. The molecule has 1 fully saturated rings. The van der Waals surface area contributed by atoms with E-state index in [0.717, 1.165) is 13.0 Å². The maximum Gasteiger partial charge on any atom is 0.252 e. The van der Waals surface area contributed by atoms with Crippen LogP contribution in [0.2, 0.25) is 0 Å². The number of carbonyl (C=O) groups is 2. The largest absolute Gasteiger partial charge is 0.348 e. The van der Waals surface area contributed by atoms with Crippen molar-refractivity contribution in [1.82, 2.24) is 15.2 Å². The van der Waals surface area contributed by atoms with Crippen molar-refractivity contribution in [1.29, 1.82) is 0 Å². The molecule has 1 aliphatic heterocycles. The van der Waals surface area contributed by atoms with E-state index >= 15 is 0 Å². The van der Waals surface area contributed by atoms with Crippen LogP contribution in [-0.2, 0) is 4.79 Å². The number of nitrogens with one attached hydrogen (secondary N) is 1. The molecule has 2 amide bonds. The highest BCUT2D eigenvalue weighted by atomic mass is 19.1. The van der Waals surface area contributed by atoms with Gasteiger partial charge in [-0.05, 0) is 38.5 Å². The Kier molecular flexibility index (Phi) is 4.46. The number of nitrogens with zero attached hydrogens (tertiary/aromatic N) is 2. The molecule has 1 atom stereocenters. The second kappa shape index (κ2) is 6.55. The van der Waals surface area contributed by atoms with Gasteiger partial charge in [0.05, 0.1) is 11.1 Å². The first-order chi connectivity index (χ1) is 11.4. The summed E-state index contributed by atoms with van der Waals surface area (Å²) in [5.74, 6) is -0.485. The van der Waals surface area contributed by atoms with E-state index in [1.165, 1.54) is 12.1 Å². The van der Waals surface area contributed by atoms with E-state index in [9.17, 15) is 14.0 Å². The molecule has 0 bridgehead atoms. The number of benzene rings is 1. The Morgan fingerprint density at radius 1 is 1.42 bits per heavy atom. The molecule has 0 saturated carbocycles. The van der Waals surface area contributed by atoms with Crippen LogP contribution >= 0.6 is 0 Å². The Morgan fingerprint density at radius 2 is 2.21 bits per heavy atom. The average Bonchev–Trinajstić information content (AvgIpc) is 2.90. The van der Waals surface area contributed by atoms with Gasteiger partial charge in [0, 0.05) is 42.7 Å².